The predicted molar refractivity (Wildman–Crippen MR) is 190 cm³/mol. The predicted octanol–water partition coefficient (Wildman–Crippen LogP) is 8.00. The summed E-state index contributed by atoms with van der Waals surface area (Å²) >= 11 is 0. The molecule has 0 aromatic heterocycles. The van der Waals surface area contributed by atoms with Gasteiger partial charge in [0, 0.05) is 11.1 Å². The van der Waals surface area contributed by atoms with Gasteiger partial charge in [0.15, 0.2) is 16.5 Å². The zero-order valence-corrected chi connectivity index (χ0v) is 30.2. The smallest absolute Gasteiger partial charge is 0.154 e. The van der Waals surface area contributed by atoms with Crippen molar-refractivity contribution in [3.05, 3.63) is 82.9 Å². The summed E-state index contributed by atoms with van der Waals surface area (Å²) in [5.41, 5.74) is 7.34. The topological polar surface area (TPSA) is 30.5 Å². The fourth-order valence-corrected chi connectivity index (χ4v) is 23.2. The van der Waals surface area contributed by atoms with Gasteiger partial charge in [-0.2, -0.15) is 0 Å². The van der Waals surface area contributed by atoms with E-state index in [4.69, 9.17) is 0 Å². The first-order valence-corrected chi connectivity index (χ1v) is 22.4. The number of fused-ring (bicyclic) bond motifs is 2. The van der Waals surface area contributed by atoms with Crippen molar-refractivity contribution in [2.24, 2.45) is 0 Å². The number of rotatable bonds is 8. The molecular weight excluding hydrogens is 557 g/mol. The summed E-state index contributed by atoms with van der Waals surface area (Å²) in [5, 5.41) is 3.26. The maximum atomic E-state index is 4.39. The Labute approximate surface area is 264 Å². The Morgan fingerprint density at radius 1 is 0.605 bits per heavy atom. The number of hydrogen-bond donors (Lipinski definition) is 2. The van der Waals surface area contributed by atoms with Crippen molar-refractivity contribution in [1.82, 2.24) is 19.8 Å². The monoisotopic (exact) mass is 612 g/mol. The average molecular weight is 613 g/mol. The second-order valence-corrected chi connectivity index (χ2v) is 24.6. The van der Waals surface area contributed by atoms with Gasteiger partial charge >= 0.3 is 0 Å². The molecule has 2 aliphatic heterocycles. The van der Waals surface area contributed by atoms with Gasteiger partial charge in [0.1, 0.15) is 0 Å². The van der Waals surface area contributed by atoms with Crippen molar-refractivity contribution in [3.8, 4) is 0 Å². The summed E-state index contributed by atoms with van der Waals surface area (Å²) in [5.74, 6) is 0. The Balaban J connectivity index is 1.47. The molecule has 4 aliphatic rings. The summed E-state index contributed by atoms with van der Waals surface area (Å²) in [4.78, 5) is 14.3. The zero-order chi connectivity index (χ0) is 30.6. The molecule has 6 rings (SSSR count). The maximum Gasteiger partial charge on any atom is 0.154 e. The molecule has 0 radical (unpaired) electrons. The van der Waals surface area contributed by atoms with Gasteiger partial charge in [0.25, 0.3) is 0 Å². The molecule has 2 N–H and O–H groups in total. The van der Waals surface area contributed by atoms with Gasteiger partial charge < -0.3 is 9.96 Å². The number of hydrogen-bond acceptors (Lipinski definition) is 4. The molecular formula is C37H56N4Si2. The minimum Gasteiger partial charge on any atom is -0.329 e. The lowest BCUT2D eigenvalue weighted by Crippen LogP contribution is -2.66. The van der Waals surface area contributed by atoms with E-state index in [1.807, 2.05) is 0 Å². The summed E-state index contributed by atoms with van der Waals surface area (Å²) in [6.07, 6.45) is 10.7. The lowest BCUT2D eigenvalue weighted by atomic mass is 10.1. The Morgan fingerprint density at radius 3 is 1.30 bits per heavy atom. The van der Waals surface area contributed by atoms with Gasteiger partial charge in [-0.25, -0.2) is 0 Å². The molecule has 2 fully saturated rings. The number of likely N-dealkylation sites (tertiary alicyclic amines) is 2. The van der Waals surface area contributed by atoms with E-state index >= 15 is 0 Å². The van der Waals surface area contributed by atoms with Crippen LogP contribution in [0.2, 0.25) is 18.8 Å². The van der Waals surface area contributed by atoms with E-state index in [2.05, 4.69) is 135 Å². The third kappa shape index (κ3) is 6.34. The molecule has 2 aromatic rings. The van der Waals surface area contributed by atoms with Gasteiger partial charge in [-0.15, -0.1) is 0 Å². The largest absolute Gasteiger partial charge is 0.329 e. The number of nitrogens with one attached hydrogen (secondary N) is 2. The van der Waals surface area contributed by atoms with E-state index in [1.165, 1.54) is 79.8 Å². The average Bonchev–Trinajstić information content (AvgIpc) is 3.71. The highest BCUT2D eigenvalue weighted by Crippen LogP contribution is 2.49. The van der Waals surface area contributed by atoms with Gasteiger partial charge in [0.05, 0.1) is 12.1 Å². The summed E-state index contributed by atoms with van der Waals surface area (Å²) in [7, 11) is -4.49. The molecule has 4 nitrogen and oxygen atoms in total. The molecule has 4 unspecified atom stereocenters. The molecule has 0 bridgehead atoms. The Bertz CT molecular complexity index is 1280. The molecule has 2 aromatic carbocycles. The highest BCUT2D eigenvalue weighted by molar-refractivity contribution is 7.09. The van der Waals surface area contributed by atoms with Crippen LogP contribution in [0.1, 0.15) is 102 Å². The van der Waals surface area contributed by atoms with E-state index in [9.17, 15) is 0 Å². The summed E-state index contributed by atoms with van der Waals surface area (Å²) in [6, 6.07) is 19.6. The van der Waals surface area contributed by atoms with Crippen LogP contribution < -0.4 is 9.96 Å². The third-order valence-corrected chi connectivity index (χ3v) is 21.6. The first kappa shape index (κ1) is 31.2. The van der Waals surface area contributed by atoms with Crippen LogP contribution in [-0.4, -0.2) is 63.5 Å². The Kier molecular flexibility index (Phi) is 8.36. The third-order valence-electron chi connectivity index (χ3n) is 10.1. The standard InChI is InChI=1S/C37H56N4Si2/c1-36(2,3)38-42(7,34-25-32(40-21-13-14-22-40)28-17-9-11-19-30(28)34)27-43(8,39-37(4,5)6)35-26-33(41-23-15-16-24-41)29-18-10-12-20-31(29)35/h9-12,17-20,25-26,32-33,38-39H,13-16,21-24,27H2,1-8H3. The van der Waals surface area contributed by atoms with Crippen LogP contribution in [0.4, 0.5) is 0 Å². The first-order valence-electron chi connectivity index (χ1n) is 17.0. The first-order chi connectivity index (χ1) is 20.3. The molecule has 2 heterocycles. The van der Waals surface area contributed by atoms with Crippen molar-refractivity contribution in [2.75, 3.05) is 26.2 Å². The van der Waals surface area contributed by atoms with Crippen molar-refractivity contribution in [1.29, 1.82) is 0 Å². The summed E-state index contributed by atoms with van der Waals surface area (Å²) < 4.78 is 0. The van der Waals surface area contributed by atoms with Gasteiger partial charge in [0.2, 0.25) is 0 Å². The van der Waals surface area contributed by atoms with Crippen LogP contribution in [0, 0.1) is 0 Å². The Hall–Kier alpha value is -1.81. The second kappa shape index (κ2) is 11.5. The van der Waals surface area contributed by atoms with Crippen LogP contribution in [-0.2, 0) is 0 Å². The maximum absolute atomic E-state index is 4.39. The van der Waals surface area contributed by atoms with Crippen LogP contribution in [0.15, 0.2) is 60.7 Å². The normalized spacial score (nSPS) is 25.7. The van der Waals surface area contributed by atoms with Crippen LogP contribution >= 0.6 is 0 Å². The van der Waals surface area contributed by atoms with Crippen LogP contribution in [0.3, 0.4) is 0 Å². The summed E-state index contributed by atoms with van der Waals surface area (Å²) in [6.45, 7) is 24.4. The second-order valence-electron chi connectivity index (χ2n) is 16.3. The fourth-order valence-electron chi connectivity index (χ4n) is 9.06. The van der Waals surface area contributed by atoms with E-state index in [1.54, 1.807) is 10.4 Å². The molecule has 6 heteroatoms. The highest BCUT2D eigenvalue weighted by Gasteiger charge is 2.50. The molecule has 0 saturated carbocycles. The minimum atomic E-state index is -2.24. The lowest BCUT2D eigenvalue weighted by molar-refractivity contribution is 0.291. The SMILES string of the molecule is CC(C)(C)N[Si](C)(C[Si](C)(NC(C)(C)C)C1=CC(N2CCCC2)c2ccccc21)C1=CC(N2CCCC2)c2ccccc21. The van der Waals surface area contributed by atoms with Crippen molar-refractivity contribution >= 4 is 26.9 Å². The van der Waals surface area contributed by atoms with E-state index < -0.39 is 16.5 Å². The van der Waals surface area contributed by atoms with Crippen molar-refractivity contribution in [3.63, 3.8) is 0 Å². The molecule has 4 atom stereocenters. The van der Waals surface area contributed by atoms with Gasteiger partial charge in [-0.05, 0) is 132 Å². The molecule has 43 heavy (non-hydrogen) atoms. The molecule has 0 amide bonds. The molecule has 2 saturated heterocycles. The van der Waals surface area contributed by atoms with E-state index in [-0.39, 0.29) is 11.1 Å². The van der Waals surface area contributed by atoms with Crippen LogP contribution in [0.25, 0.3) is 10.4 Å². The fraction of sp³-hybridized carbons (Fsp3) is 0.568. The van der Waals surface area contributed by atoms with Crippen molar-refractivity contribution in [2.45, 2.75) is 109 Å². The van der Waals surface area contributed by atoms with Crippen LogP contribution in [0.5, 0.6) is 0 Å². The minimum absolute atomic E-state index is 0.0274. The molecule has 232 valence electrons. The van der Waals surface area contributed by atoms with Gasteiger partial charge in [-0.1, -0.05) is 73.8 Å². The van der Waals surface area contributed by atoms with E-state index in [0.29, 0.717) is 12.1 Å². The molecule has 2 aliphatic carbocycles. The van der Waals surface area contributed by atoms with Gasteiger partial charge in [-0.3, -0.25) is 9.80 Å². The highest BCUT2D eigenvalue weighted by atomic mass is 28.4. The lowest BCUT2D eigenvalue weighted by Gasteiger charge is -2.46. The zero-order valence-electron chi connectivity index (χ0n) is 28.2. The number of benzene rings is 2. The number of nitrogens with zero attached hydrogens (tertiary/aromatic N) is 2. The molecule has 0 spiro atoms. The van der Waals surface area contributed by atoms with Crippen molar-refractivity contribution < 1.29 is 0 Å². The Morgan fingerprint density at radius 2 is 0.953 bits per heavy atom. The quantitative estimate of drug-likeness (QED) is 0.296. The van der Waals surface area contributed by atoms with E-state index in [0.717, 1.165) is 0 Å².